The minimum absolute atomic E-state index is 0.104. The van der Waals surface area contributed by atoms with Crippen molar-refractivity contribution in [1.82, 2.24) is 20.5 Å². The number of para-hydroxylation sites is 1. The maximum absolute atomic E-state index is 12.0. The molecule has 0 radical (unpaired) electrons. The second-order valence-corrected chi connectivity index (χ2v) is 7.07. The van der Waals surface area contributed by atoms with Crippen LogP contribution in [0.25, 0.3) is 10.9 Å². The van der Waals surface area contributed by atoms with Gasteiger partial charge in [-0.15, -0.1) is 10.2 Å². The van der Waals surface area contributed by atoms with Crippen LogP contribution in [-0.4, -0.2) is 44.0 Å². The molecule has 0 spiro atoms. The van der Waals surface area contributed by atoms with Crippen LogP contribution in [0.2, 0.25) is 0 Å². The quantitative estimate of drug-likeness (QED) is 0.554. The van der Waals surface area contributed by atoms with Crippen molar-refractivity contribution in [2.45, 2.75) is 16.8 Å². The molecule has 1 aromatic carbocycles. The topological polar surface area (TPSA) is 108 Å². The first-order chi connectivity index (χ1) is 11.6. The second kappa shape index (κ2) is 7.45. The van der Waals surface area contributed by atoms with Crippen LogP contribution in [0, 0.1) is 0 Å². The van der Waals surface area contributed by atoms with E-state index in [4.69, 9.17) is 0 Å². The third-order valence-corrected chi connectivity index (χ3v) is 5.26. The molecule has 1 atom stereocenters. The molecule has 9 heteroatoms. The summed E-state index contributed by atoms with van der Waals surface area (Å²) >= 11 is 2.57. The fraction of sp³-hybridized carbons (Fsp3) is 0.200. The van der Waals surface area contributed by atoms with Gasteiger partial charge in [0.2, 0.25) is 5.91 Å². The van der Waals surface area contributed by atoms with Gasteiger partial charge in [0.1, 0.15) is 11.6 Å². The fourth-order valence-corrected chi connectivity index (χ4v) is 3.61. The van der Waals surface area contributed by atoms with Crippen molar-refractivity contribution >= 4 is 45.9 Å². The minimum atomic E-state index is -1.06. The summed E-state index contributed by atoms with van der Waals surface area (Å²) < 4.78 is 0.675. The lowest BCUT2D eigenvalue weighted by atomic mass is 10.1. The lowest BCUT2D eigenvalue weighted by molar-refractivity contribution is -0.141. The van der Waals surface area contributed by atoms with E-state index >= 15 is 0 Å². The van der Waals surface area contributed by atoms with Gasteiger partial charge in [0.05, 0.1) is 5.75 Å². The van der Waals surface area contributed by atoms with E-state index in [2.05, 4.69) is 20.5 Å². The normalized spacial score (nSPS) is 12.2. The number of amides is 1. The average molecular weight is 362 g/mol. The van der Waals surface area contributed by atoms with Crippen LogP contribution in [-0.2, 0) is 16.0 Å². The Bertz CT molecular complexity index is 847. The first-order valence-corrected chi connectivity index (χ1v) is 8.96. The number of carbonyl (C=O) groups excluding carboxylic acids is 1. The monoisotopic (exact) mass is 362 g/mol. The molecule has 1 amide bonds. The van der Waals surface area contributed by atoms with Gasteiger partial charge in [-0.1, -0.05) is 41.3 Å². The molecule has 0 bridgehead atoms. The van der Waals surface area contributed by atoms with E-state index in [1.54, 1.807) is 11.7 Å². The van der Waals surface area contributed by atoms with Crippen LogP contribution in [0.5, 0.6) is 0 Å². The highest BCUT2D eigenvalue weighted by molar-refractivity contribution is 8.01. The lowest BCUT2D eigenvalue weighted by Gasteiger charge is -2.13. The molecule has 124 valence electrons. The van der Waals surface area contributed by atoms with Crippen molar-refractivity contribution < 1.29 is 14.7 Å². The molecule has 0 aliphatic rings. The number of H-pyrrole nitrogens is 1. The number of hydrogen-bond donors (Lipinski definition) is 3. The molecular formula is C15H14N4O3S2. The SMILES string of the molecule is O=C(CSc1nncs1)NC(Cc1c[nH]c2ccccc12)C(=O)O. The number of carbonyl (C=O) groups is 2. The zero-order chi connectivity index (χ0) is 16.9. The van der Waals surface area contributed by atoms with E-state index in [1.165, 1.54) is 23.1 Å². The molecule has 24 heavy (non-hydrogen) atoms. The first-order valence-electron chi connectivity index (χ1n) is 7.09. The summed E-state index contributed by atoms with van der Waals surface area (Å²) in [6, 6.07) is 6.67. The Morgan fingerprint density at radius 2 is 2.21 bits per heavy atom. The molecule has 2 aromatic heterocycles. The first kappa shape index (κ1) is 16.5. The molecule has 2 heterocycles. The van der Waals surface area contributed by atoms with Crippen molar-refractivity contribution in [1.29, 1.82) is 0 Å². The molecule has 3 N–H and O–H groups in total. The summed E-state index contributed by atoms with van der Waals surface area (Å²) in [5.74, 6) is -1.30. The number of aromatic nitrogens is 3. The summed E-state index contributed by atoms with van der Waals surface area (Å²) in [6.07, 6.45) is 2.00. The number of aromatic amines is 1. The van der Waals surface area contributed by atoms with E-state index in [9.17, 15) is 14.7 Å². The molecule has 0 fully saturated rings. The van der Waals surface area contributed by atoms with Crippen molar-refractivity contribution in [3.63, 3.8) is 0 Å². The summed E-state index contributed by atoms with van der Waals surface area (Å²) in [5.41, 5.74) is 3.38. The molecule has 0 saturated carbocycles. The van der Waals surface area contributed by atoms with Crippen molar-refractivity contribution in [2.75, 3.05) is 5.75 Å². The van der Waals surface area contributed by atoms with Crippen LogP contribution in [0.4, 0.5) is 0 Å². The number of fused-ring (bicyclic) bond motifs is 1. The number of carboxylic acids is 1. The summed E-state index contributed by atoms with van der Waals surface area (Å²) in [4.78, 5) is 26.6. The Morgan fingerprint density at radius 1 is 1.38 bits per heavy atom. The highest BCUT2D eigenvalue weighted by Crippen LogP contribution is 2.20. The molecule has 0 saturated heterocycles. The van der Waals surface area contributed by atoms with Crippen LogP contribution >= 0.6 is 23.1 Å². The Morgan fingerprint density at radius 3 is 2.96 bits per heavy atom. The Balaban J connectivity index is 1.64. The Hall–Kier alpha value is -2.39. The molecular weight excluding hydrogens is 348 g/mol. The third kappa shape index (κ3) is 3.92. The highest BCUT2D eigenvalue weighted by Gasteiger charge is 2.22. The van der Waals surface area contributed by atoms with Gasteiger partial charge >= 0.3 is 5.97 Å². The van der Waals surface area contributed by atoms with Gasteiger partial charge < -0.3 is 15.4 Å². The highest BCUT2D eigenvalue weighted by atomic mass is 32.2. The fourth-order valence-electron chi connectivity index (χ4n) is 2.31. The summed E-state index contributed by atoms with van der Waals surface area (Å²) in [6.45, 7) is 0. The smallest absolute Gasteiger partial charge is 0.326 e. The van der Waals surface area contributed by atoms with Gasteiger partial charge in [0.15, 0.2) is 4.34 Å². The number of nitrogens with zero attached hydrogens (tertiary/aromatic N) is 2. The lowest BCUT2D eigenvalue weighted by Crippen LogP contribution is -2.43. The van der Waals surface area contributed by atoms with Gasteiger partial charge in [-0.2, -0.15) is 0 Å². The zero-order valence-electron chi connectivity index (χ0n) is 12.4. The number of hydrogen-bond acceptors (Lipinski definition) is 6. The third-order valence-electron chi connectivity index (χ3n) is 3.40. The van der Waals surface area contributed by atoms with Crippen LogP contribution in [0.1, 0.15) is 5.56 Å². The number of aliphatic carboxylic acids is 1. The molecule has 3 rings (SSSR count). The molecule has 3 aromatic rings. The molecule has 0 aliphatic heterocycles. The Kier molecular flexibility index (Phi) is 5.11. The maximum Gasteiger partial charge on any atom is 0.326 e. The predicted molar refractivity (Wildman–Crippen MR) is 92.2 cm³/mol. The van der Waals surface area contributed by atoms with Crippen LogP contribution in [0.3, 0.4) is 0 Å². The summed E-state index contributed by atoms with van der Waals surface area (Å²) in [5, 5.41) is 20.4. The predicted octanol–water partition coefficient (Wildman–Crippen LogP) is 1.92. The number of thioether (sulfide) groups is 1. The number of nitrogens with one attached hydrogen (secondary N) is 2. The van der Waals surface area contributed by atoms with Crippen LogP contribution in [0.15, 0.2) is 40.3 Å². The summed E-state index contributed by atoms with van der Waals surface area (Å²) in [7, 11) is 0. The number of benzene rings is 1. The van der Waals surface area contributed by atoms with Gasteiger partial charge in [0, 0.05) is 23.5 Å². The van der Waals surface area contributed by atoms with E-state index in [0.29, 0.717) is 4.34 Å². The average Bonchev–Trinajstić information content (AvgIpc) is 3.22. The standard InChI is InChI=1S/C15H14N4O3S2/c20-13(7-23-15-19-17-8-24-15)18-12(14(21)22)5-9-6-16-11-4-2-1-3-10(9)11/h1-4,6,8,12,16H,5,7H2,(H,18,20)(H,21,22). The number of carboxylic acid groups (broad SMARTS) is 1. The maximum atomic E-state index is 12.0. The second-order valence-electron chi connectivity index (χ2n) is 5.02. The van der Waals surface area contributed by atoms with E-state index in [-0.39, 0.29) is 18.1 Å². The van der Waals surface area contributed by atoms with Crippen LogP contribution < -0.4 is 5.32 Å². The number of rotatable bonds is 7. The molecule has 0 aliphatic carbocycles. The molecule has 1 unspecified atom stereocenters. The van der Waals surface area contributed by atoms with Crippen molar-refractivity contribution in [2.24, 2.45) is 0 Å². The molecule has 7 nitrogen and oxygen atoms in total. The minimum Gasteiger partial charge on any atom is -0.480 e. The van der Waals surface area contributed by atoms with E-state index < -0.39 is 12.0 Å². The van der Waals surface area contributed by atoms with E-state index in [1.807, 2.05) is 24.3 Å². The van der Waals surface area contributed by atoms with Gasteiger partial charge in [-0.3, -0.25) is 4.79 Å². The van der Waals surface area contributed by atoms with E-state index in [0.717, 1.165) is 16.5 Å². The largest absolute Gasteiger partial charge is 0.480 e. The zero-order valence-corrected chi connectivity index (χ0v) is 14.1. The Labute approximate surface area is 145 Å². The van der Waals surface area contributed by atoms with Gasteiger partial charge in [0.25, 0.3) is 0 Å². The van der Waals surface area contributed by atoms with Gasteiger partial charge in [-0.25, -0.2) is 4.79 Å². The van der Waals surface area contributed by atoms with Crippen molar-refractivity contribution in [3.8, 4) is 0 Å². The van der Waals surface area contributed by atoms with Crippen molar-refractivity contribution in [3.05, 3.63) is 41.5 Å². The van der Waals surface area contributed by atoms with Gasteiger partial charge in [-0.05, 0) is 11.6 Å².